The molecule has 0 atom stereocenters. The van der Waals surface area contributed by atoms with E-state index in [1.54, 1.807) is 12.4 Å². The van der Waals surface area contributed by atoms with Crippen molar-refractivity contribution < 1.29 is 4.79 Å². The lowest BCUT2D eigenvalue weighted by atomic mass is 9.90. The van der Waals surface area contributed by atoms with Crippen LogP contribution in [0.25, 0.3) is 0 Å². The summed E-state index contributed by atoms with van der Waals surface area (Å²) in [4.78, 5) is 19.2. The van der Waals surface area contributed by atoms with Crippen LogP contribution in [0, 0.1) is 12.8 Å². The van der Waals surface area contributed by atoms with Crippen molar-refractivity contribution in [1.82, 2.24) is 9.88 Å². The molecule has 1 saturated heterocycles. The van der Waals surface area contributed by atoms with Gasteiger partial charge in [-0.3, -0.25) is 9.78 Å². The van der Waals surface area contributed by atoms with E-state index >= 15 is 0 Å². The van der Waals surface area contributed by atoms with Crippen molar-refractivity contribution >= 4 is 17.3 Å². The Balaban J connectivity index is 1.35. The van der Waals surface area contributed by atoms with Crippen LogP contribution in [0.1, 0.15) is 34.3 Å². The van der Waals surface area contributed by atoms with Gasteiger partial charge in [-0.1, -0.05) is 48.0 Å². The van der Waals surface area contributed by atoms with Crippen LogP contribution in [0.5, 0.6) is 0 Å². The van der Waals surface area contributed by atoms with Crippen molar-refractivity contribution in [2.24, 2.45) is 5.92 Å². The molecule has 1 fully saturated rings. The van der Waals surface area contributed by atoms with E-state index in [0.29, 0.717) is 11.5 Å². The second-order valence-electron chi connectivity index (χ2n) is 7.88. The summed E-state index contributed by atoms with van der Waals surface area (Å²) in [5, 5.41) is 3.33. The minimum atomic E-state index is 0.0724. The molecule has 4 rings (SSSR count). The van der Waals surface area contributed by atoms with E-state index in [4.69, 9.17) is 0 Å². The zero-order valence-electron chi connectivity index (χ0n) is 16.8. The second-order valence-corrected chi connectivity index (χ2v) is 7.88. The molecule has 2 aromatic carbocycles. The number of nitrogens with zero attached hydrogens (tertiary/aromatic N) is 2. The summed E-state index contributed by atoms with van der Waals surface area (Å²) < 4.78 is 0. The Morgan fingerprint density at radius 2 is 1.72 bits per heavy atom. The summed E-state index contributed by atoms with van der Waals surface area (Å²) >= 11 is 0. The predicted octanol–water partition coefficient (Wildman–Crippen LogP) is 5.23. The summed E-state index contributed by atoms with van der Waals surface area (Å²) in [7, 11) is 0. The zero-order valence-corrected chi connectivity index (χ0v) is 16.8. The smallest absolute Gasteiger partial charge is 0.255 e. The standard InChI is InChI=1S/C25H27N3O/c1-19-7-9-23(10-8-19)27-24-16-22(17-26-18-24)25(29)28-13-11-21(12-14-28)15-20-5-3-2-4-6-20/h2-10,16-18,21,27H,11-15H2,1H3. The summed E-state index contributed by atoms with van der Waals surface area (Å²) in [6.07, 6.45) is 6.62. The Labute approximate surface area is 172 Å². The maximum absolute atomic E-state index is 13.0. The fourth-order valence-corrected chi connectivity index (χ4v) is 3.90. The lowest BCUT2D eigenvalue weighted by molar-refractivity contribution is 0.0690. The van der Waals surface area contributed by atoms with Crippen molar-refractivity contribution in [2.75, 3.05) is 18.4 Å². The third-order valence-corrected chi connectivity index (χ3v) is 5.59. The summed E-state index contributed by atoms with van der Waals surface area (Å²) in [6, 6.07) is 20.7. The average Bonchev–Trinajstić information content (AvgIpc) is 2.76. The monoisotopic (exact) mass is 385 g/mol. The van der Waals surface area contributed by atoms with Crippen molar-refractivity contribution in [3.63, 3.8) is 0 Å². The largest absolute Gasteiger partial charge is 0.354 e. The molecule has 1 aliphatic heterocycles. The molecule has 0 unspecified atom stereocenters. The molecule has 0 aliphatic carbocycles. The molecule has 1 N–H and O–H groups in total. The second kappa shape index (κ2) is 8.91. The molecule has 2 heterocycles. The minimum Gasteiger partial charge on any atom is -0.354 e. The van der Waals surface area contributed by atoms with E-state index in [-0.39, 0.29) is 5.91 Å². The molecule has 4 heteroatoms. The Kier molecular flexibility index (Phi) is 5.89. The molecule has 0 radical (unpaired) electrons. The molecule has 0 spiro atoms. The van der Waals surface area contributed by atoms with Gasteiger partial charge < -0.3 is 10.2 Å². The first-order chi connectivity index (χ1) is 14.2. The molecule has 1 aromatic heterocycles. The lowest BCUT2D eigenvalue weighted by Crippen LogP contribution is -2.39. The molecule has 0 bridgehead atoms. The molecular weight excluding hydrogens is 358 g/mol. The van der Waals surface area contributed by atoms with Gasteiger partial charge in [0.25, 0.3) is 5.91 Å². The highest BCUT2D eigenvalue weighted by Crippen LogP contribution is 2.24. The highest BCUT2D eigenvalue weighted by Gasteiger charge is 2.24. The van der Waals surface area contributed by atoms with Crippen molar-refractivity contribution in [3.05, 3.63) is 89.7 Å². The normalized spacial score (nSPS) is 14.6. The van der Waals surface area contributed by atoms with Crippen LogP contribution in [-0.2, 0) is 6.42 Å². The van der Waals surface area contributed by atoms with Crippen LogP contribution in [0.4, 0.5) is 11.4 Å². The van der Waals surface area contributed by atoms with Crippen molar-refractivity contribution in [1.29, 1.82) is 0 Å². The molecule has 0 saturated carbocycles. The van der Waals surface area contributed by atoms with Gasteiger partial charge in [-0.05, 0) is 55.9 Å². The van der Waals surface area contributed by atoms with Gasteiger partial charge in [0.1, 0.15) is 0 Å². The van der Waals surface area contributed by atoms with Gasteiger partial charge >= 0.3 is 0 Å². The molecule has 3 aromatic rings. The number of benzene rings is 2. The molecular formula is C25H27N3O. The average molecular weight is 386 g/mol. The molecule has 1 aliphatic rings. The maximum Gasteiger partial charge on any atom is 0.255 e. The predicted molar refractivity (Wildman–Crippen MR) is 117 cm³/mol. The van der Waals surface area contributed by atoms with E-state index in [9.17, 15) is 4.79 Å². The number of aryl methyl sites for hydroxylation is 1. The van der Waals surface area contributed by atoms with Gasteiger partial charge in [-0.25, -0.2) is 0 Å². The van der Waals surface area contributed by atoms with Crippen LogP contribution in [0.15, 0.2) is 73.1 Å². The highest BCUT2D eigenvalue weighted by molar-refractivity contribution is 5.95. The van der Waals surface area contributed by atoms with E-state index < -0.39 is 0 Å². The number of nitrogens with one attached hydrogen (secondary N) is 1. The van der Waals surface area contributed by atoms with E-state index in [1.807, 2.05) is 23.1 Å². The maximum atomic E-state index is 13.0. The first-order valence-electron chi connectivity index (χ1n) is 10.3. The number of carbonyl (C=O) groups excluding carboxylic acids is 1. The number of hydrogen-bond donors (Lipinski definition) is 1. The first-order valence-corrected chi connectivity index (χ1v) is 10.3. The number of aromatic nitrogens is 1. The van der Waals surface area contributed by atoms with Gasteiger partial charge in [0, 0.05) is 25.0 Å². The number of amides is 1. The van der Waals surface area contributed by atoms with Gasteiger partial charge in [-0.2, -0.15) is 0 Å². The van der Waals surface area contributed by atoms with Crippen LogP contribution in [0.3, 0.4) is 0 Å². The zero-order chi connectivity index (χ0) is 20.1. The summed E-state index contributed by atoms with van der Waals surface area (Å²) in [6.45, 7) is 3.69. The van der Waals surface area contributed by atoms with Gasteiger partial charge in [0.2, 0.25) is 0 Å². The SMILES string of the molecule is Cc1ccc(Nc2cncc(C(=O)N3CCC(Cc4ccccc4)CC3)c2)cc1. The molecule has 4 nitrogen and oxygen atoms in total. The van der Waals surface area contributed by atoms with Gasteiger partial charge in [-0.15, -0.1) is 0 Å². The van der Waals surface area contributed by atoms with Crippen molar-refractivity contribution in [3.8, 4) is 0 Å². The van der Waals surface area contributed by atoms with Crippen LogP contribution >= 0.6 is 0 Å². The minimum absolute atomic E-state index is 0.0724. The summed E-state index contributed by atoms with van der Waals surface area (Å²) in [5.74, 6) is 0.720. The first kappa shape index (κ1) is 19.2. The number of hydrogen-bond acceptors (Lipinski definition) is 3. The third kappa shape index (κ3) is 5.02. The Hall–Kier alpha value is -3.14. The van der Waals surface area contributed by atoms with Crippen LogP contribution in [-0.4, -0.2) is 28.9 Å². The number of anilines is 2. The quantitative estimate of drug-likeness (QED) is 0.654. The van der Waals surface area contributed by atoms with Gasteiger partial charge in [0.05, 0.1) is 17.4 Å². The Bertz CT molecular complexity index is 945. The van der Waals surface area contributed by atoms with Crippen LogP contribution in [0.2, 0.25) is 0 Å². The number of carbonyl (C=O) groups is 1. The van der Waals surface area contributed by atoms with Gasteiger partial charge in [0.15, 0.2) is 0 Å². The van der Waals surface area contributed by atoms with Crippen LogP contribution < -0.4 is 5.32 Å². The number of piperidine rings is 1. The number of rotatable bonds is 5. The van der Waals surface area contributed by atoms with E-state index in [1.165, 1.54) is 11.1 Å². The Morgan fingerprint density at radius 1 is 1.00 bits per heavy atom. The molecule has 1 amide bonds. The summed E-state index contributed by atoms with van der Waals surface area (Å²) in [5.41, 5.74) is 5.07. The third-order valence-electron chi connectivity index (χ3n) is 5.59. The highest BCUT2D eigenvalue weighted by atomic mass is 16.2. The fourth-order valence-electron chi connectivity index (χ4n) is 3.90. The molecule has 148 valence electrons. The van der Waals surface area contributed by atoms with E-state index in [2.05, 4.69) is 59.7 Å². The Morgan fingerprint density at radius 3 is 2.45 bits per heavy atom. The number of likely N-dealkylation sites (tertiary alicyclic amines) is 1. The lowest BCUT2D eigenvalue weighted by Gasteiger charge is -2.32. The fraction of sp³-hybridized carbons (Fsp3) is 0.280. The van der Waals surface area contributed by atoms with Crippen molar-refractivity contribution in [2.45, 2.75) is 26.2 Å². The number of pyridine rings is 1. The topological polar surface area (TPSA) is 45.2 Å². The van der Waals surface area contributed by atoms with E-state index in [0.717, 1.165) is 43.7 Å². The molecule has 29 heavy (non-hydrogen) atoms.